The van der Waals surface area contributed by atoms with Gasteiger partial charge in [0.1, 0.15) is 0 Å². The number of nitriles is 1. The van der Waals surface area contributed by atoms with Crippen LogP contribution in [0.3, 0.4) is 0 Å². The Kier molecular flexibility index (Phi) is 5.02. The number of rotatable bonds is 3. The highest BCUT2D eigenvalue weighted by Crippen LogP contribution is 2.50. The minimum atomic E-state index is -0.120. The number of hydrogen-bond acceptors (Lipinski definition) is 2. The molecule has 6 aromatic rings. The lowest BCUT2D eigenvalue weighted by Gasteiger charge is -2.40. The number of anilines is 2. The SMILES string of the molecule is C=CN1c2ccccc2C(C)(C)c2ccc(-c3ccc4c(c3)c3cc(C#N)ccc3n4-c3ccccc3)cc21. The van der Waals surface area contributed by atoms with E-state index in [9.17, 15) is 5.26 Å². The number of hydrogen-bond donors (Lipinski definition) is 0. The first kappa shape index (κ1) is 23.1. The highest BCUT2D eigenvalue weighted by molar-refractivity contribution is 6.11. The van der Waals surface area contributed by atoms with Crippen LogP contribution >= 0.6 is 0 Å². The van der Waals surface area contributed by atoms with Crippen LogP contribution in [0.15, 0.2) is 122 Å². The lowest BCUT2D eigenvalue weighted by molar-refractivity contribution is 0.631. The molecule has 0 atom stereocenters. The molecule has 0 saturated carbocycles. The van der Waals surface area contributed by atoms with Gasteiger partial charge >= 0.3 is 0 Å². The molecule has 0 N–H and O–H groups in total. The molecule has 0 bridgehead atoms. The third-order valence-electron chi connectivity index (χ3n) is 8.19. The van der Waals surface area contributed by atoms with Crippen LogP contribution in [0.1, 0.15) is 30.5 Å². The van der Waals surface area contributed by atoms with Crippen LogP contribution in [0.2, 0.25) is 0 Å². The molecule has 0 saturated heterocycles. The summed E-state index contributed by atoms with van der Waals surface area (Å²) >= 11 is 0. The van der Waals surface area contributed by atoms with Gasteiger partial charge in [0.15, 0.2) is 0 Å². The van der Waals surface area contributed by atoms with Crippen molar-refractivity contribution < 1.29 is 0 Å². The fourth-order valence-electron chi connectivity index (χ4n) is 6.25. The van der Waals surface area contributed by atoms with E-state index < -0.39 is 0 Å². The number of fused-ring (bicyclic) bond motifs is 5. The first-order valence-corrected chi connectivity index (χ1v) is 13.2. The minimum absolute atomic E-state index is 0.120. The molecular weight excluding hydrogens is 474 g/mol. The molecule has 0 fully saturated rings. The quantitative estimate of drug-likeness (QED) is 0.242. The zero-order valence-electron chi connectivity index (χ0n) is 22.0. The molecule has 0 spiro atoms. The molecule has 0 unspecified atom stereocenters. The van der Waals surface area contributed by atoms with Crippen LogP contribution in [0, 0.1) is 11.3 Å². The van der Waals surface area contributed by atoms with Crippen LogP contribution in [-0.4, -0.2) is 4.57 Å². The van der Waals surface area contributed by atoms with Gasteiger partial charge in [-0.1, -0.05) is 75.0 Å². The molecule has 1 aromatic heterocycles. The lowest BCUT2D eigenvalue weighted by Crippen LogP contribution is -2.30. The average molecular weight is 502 g/mol. The fourth-order valence-corrected chi connectivity index (χ4v) is 6.25. The Morgan fingerprint density at radius 1 is 0.692 bits per heavy atom. The van der Waals surface area contributed by atoms with Gasteiger partial charge in [-0.05, 0) is 76.9 Å². The van der Waals surface area contributed by atoms with Gasteiger partial charge in [-0.3, -0.25) is 0 Å². The summed E-state index contributed by atoms with van der Waals surface area (Å²) in [5, 5.41) is 11.8. The predicted octanol–water partition coefficient (Wildman–Crippen LogP) is 9.24. The van der Waals surface area contributed by atoms with Crippen molar-refractivity contribution >= 4 is 33.2 Å². The second-order valence-corrected chi connectivity index (χ2v) is 10.7. The Balaban J connectivity index is 1.45. The van der Waals surface area contributed by atoms with E-state index in [4.69, 9.17) is 0 Å². The van der Waals surface area contributed by atoms with Gasteiger partial charge in [-0.25, -0.2) is 0 Å². The van der Waals surface area contributed by atoms with E-state index in [1.54, 1.807) is 0 Å². The first-order valence-electron chi connectivity index (χ1n) is 13.2. The van der Waals surface area contributed by atoms with Crippen molar-refractivity contribution in [1.82, 2.24) is 4.57 Å². The zero-order chi connectivity index (χ0) is 26.7. The Bertz CT molecular complexity index is 1970. The summed E-state index contributed by atoms with van der Waals surface area (Å²) < 4.78 is 2.28. The average Bonchev–Trinajstić information content (AvgIpc) is 3.30. The molecule has 3 heteroatoms. The van der Waals surface area contributed by atoms with Crippen LogP contribution in [0.25, 0.3) is 38.6 Å². The molecule has 5 aromatic carbocycles. The van der Waals surface area contributed by atoms with Gasteiger partial charge in [0.2, 0.25) is 0 Å². The van der Waals surface area contributed by atoms with E-state index in [0.717, 1.165) is 44.3 Å². The van der Waals surface area contributed by atoms with E-state index in [1.807, 2.05) is 24.4 Å². The highest BCUT2D eigenvalue weighted by atomic mass is 15.1. The molecular formula is C36H27N3. The minimum Gasteiger partial charge on any atom is -0.317 e. The molecule has 2 heterocycles. The summed E-state index contributed by atoms with van der Waals surface area (Å²) in [4.78, 5) is 2.21. The van der Waals surface area contributed by atoms with Gasteiger partial charge < -0.3 is 9.47 Å². The molecule has 39 heavy (non-hydrogen) atoms. The largest absolute Gasteiger partial charge is 0.317 e. The van der Waals surface area contributed by atoms with Crippen molar-refractivity contribution in [1.29, 1.82) is 5.26 Å². The Labute approximate surface area is 228 Å². The normalized spacial score (nSPS) is 13.6. The molecule has 0 amide bonds. The van der Waals surface area contributed by atoms with Crippen LogP contribution < -0.4 is 4.90 Å². The summed E-state index contributed by atoms with van der Waals surface area (Å²) in [6.07, 6.45) is 1.91. The van der Waals surface area contributed by atoms with Gasteiger partial charge in [0.25, 0.3) is 0 Å². The van der Waals surface area contributed by atoms with Gasteiger partial charge in [-0.15, -0.1) is 0 Å². The van der Waals surface area contributed by atoms with Crippen LogP contribution in [0.4, 0.5) is 11.4 Å². The van der Waals surface area contributed by atoms with Crippen molar-refractivity contribution in [2.75, 3.05) is 4.90 Å². The topological polar surface area (TPSA) is 32.0 Å². The summed E-state index contributed by atoms with van der Waals surface area (Å²) in [7, 11) is 0. The maximum atomic E-state index is 9.63. The summed E-state index contributed by atoms with van der Waals surface area (Å²) in [6.45, 7) is 8.74. The van der Waals surface area contributed by atoms with E-state index >= 15 is 0 Å². The summed E-state index contributed by atoms with van der Waals surface area (Å²) in [6, 6.07) is 40.7. The van der Waals surface area contributed by atoms with Crippen molar-refractivity contribution in [3.8, 4) is 22.9 Å². The second-order valence-electron chi connectivity index (χ2n) is 10.7. The van der Waals surface area contributed by atoms with Crippen LogP contribution in [0.5, 0.6) is 0 Å². The number of benzene rings is 5. The van der Waals surface area contributed by atoms with Gasteiger partial charge in [0, 0.05) is 33.8 Å². The highest BCUT2D eigenvalue weighted by Gasteiger charge is 2.35. The zero-order valence-corrected chi connectivity index (χ0v) is 22.0. The number of nitrogens with zero attached hydrogens (tertiary/aromatic N) is 3. The van der Waals surface area contributed by atoms with Gasteiger partial charge in [-0.2, -0.15) is 5.26 Å². The maximum Gasteiger partial charge on any atom is 0.0991 e. The second kappa shape index (κ2) is 8.48. The van der Waals surface area contributed by atoms with E-state index in [-0.39, 0.29) is 5.41 Å². The predicted molar refractivity (Wildman–Crippen MR) is 162 cm³/mol. The Hall–Kier alpha value is -5.07. The van der Waals surface area contributed by atoms with E-state index in [0.29, 0.717) is 5.56 Å². The number of para-hydroxylation sites is 2. The summed E-state index contributed by atoms with van der Waals surface area (Å²) in [5.74, 6) is 0. The van der Waals surface area contributed by atoms with Crippen molar-refractivity contribution in [2.45, 2.75) is 19.3 Å². The molecule has 186 valence electrons. The molecule has 1 aliphatic heterocycles. The smallest absolute Gasteiger partial charge is 0.0991 e. The maximum absolute atomic E-state index is 9.63. The Morgan fingerprint density at radius 2 is 1.33 bits per heavy atom. The third kappa shape index (κ3) is 3.35. The summed E-state index contributed by atoms with van der Waals surface area (Å²) in [5.41, 5.74) is 11.1. The van der Waals surface area contributed by atoms with E-state index in [1.165, 1.54) is 16.8 Å². The monoisotopic (exact) mass is 501 g/mol. The van der Waals surface area contributed by atoms with Gasteiger partial charge in [0.05, 0.1) is 28.4 Å². The van der Waals surface area contributed by atoms with Crippen LogP contribution in [-0.2, 0) is 5.41 Å². The van der Waals surface area contributed by atoms with Crippen molar-refractivity contribution in [2.24, 2.45) is 0 Å². The lowest BCUT2D eigenvalue weighted by atomic mass is 9.73. The third-order valence-corrected chi connectivity index (χ3v) is 8.19. The molecule has 0 radical (unpaired) electrons. The Morgan fingerprint density at radius 3 is 2.10 bits per heavy atom. The van der Waals surface area contributed by atoms with Crippen molar-refractivity contribution in [3.63, 3.8) is 0 Å². The molecule has 7 rings (SSSR count). The molecule has 0 aliphatic carbocycles. The standard InChI is InChI=1S/C36H27N3/c1-4-38-34-13-9-8-12-30(34)36(2,3)31-17-15-26(22-35(31)38)25-16-19-33-29(21-25)28-20-24(23-37)14-18-32(28)39(33)27-10-6-5-7-11-27/h4-22H,1H2,2-3H3. The molecule has 1 aliphatic rings. The van der Waals surface area contributed by atoms with Crippen molar-refractivity contribution in [3.05, 3.63) is 139 Å². The first-order chi connectivity index (χ1) is 19.0. The number of aromatic nitrogens is 1. The fraction of sp³-hybridized carbons (Fsp3) is 0.0833. The molecule has 3 nitrogen and oxygen atoms in total. The van der Waals surface area contributed by atoms with E-state index in [2.05, 4.69) is 127 Å².